The fourth-order valence-electron chi connectivity index (χ4n) is 1.66. The molecule has 3 nitrogen and oxygen atoms in total. The molecule has 0 fully saturated rings. The second-order valence-corrected chi connectivity index (χ2v) is 3.89. The molecule has 1 aromatic carbocycles. The number of hydrogen-bond acceptors (Lipinski definition) is 3. The Morgan fingerprint density at radius 2 is 1.94 bits per heavy atom. The molecule has 0 saturated heterocycles. The van der Waals surface area contributed by atoms with E-state index in [1.807, 2.05) is 43.3 Å². The highest BCUT2D eigenvalue weighted by Gasteiger charge is 2.06. The van der Waals surface area contributed by atoms with Crippen LogP contribution in [0.25, 0.3) is 0 Å². The molecule has 0 bridgehead atoms. The van der Waals surface area contributed by atoms with E-state index in [0.29, 0.717) is 19.0 Å². The van der Waals surface area contributed by atoms with Gasteiger partial charge in [0.05, 0.1) is 0 Å². The second kappa shape index (κ2) is 5.46. The van der Waals surface area contributed by atoms with E-state index in [4.69, 9.17) is 10.5 Å². The Hall–Kier alpha value is -1.87. The van der Waals surface area contributed by atoms with Crippen molar-refractivity contribution in [3.8, 4) is 5.88 Å². The molecule has 0 aliphatic heterocycles. The van der Waals surface area contributed by atoms with Crippen LogP contribution in [-0.2, 0) is 13.2 Å². The van der Waals surface area contributed by atoms with Crippen molar-refractivity contribution in [1.82, 2.24) is 4.98 Å². The van der Waals surface area contributed by atoms with E-state index in [2.05, 4.69) is 4.98 Å². The number of hydrogen-bond donors (Lipinski definition) is 1. The number of nitrogens with zero attached hydrogens (tertiary/aromatic N) is 1. The molecule has 0 aliphatic rings. The molecule has 1 heterocycles. The quantitative estimate of drug-likeness (QED) is 0.874. The summed E-state index contributed by atoms with van der Waals surface area (Å²) in [7, 11) is 0. The zero-order chi connectivity index (χ0) is 12.1. The van der Waals surface area contributed by atoms with E-state index in [-0.39, 0.29) is 0 Å². The highest BCUT2D eigenvalue weighted by molar-refractivity contribution is 5.33. The fourth-order valence-corrected chi connectivity index (χ4v) is 1.66. The van der Waals surface area contributed by atoms with Gasteiger partial charge in [-0.1, -0.05) is 30.3 Å². The Morgan fingerprint density at radius 1 is 1.18 bits per heavy atom. The highest BCUT2D eigenvalue weighted by atomic mass is 16.5. The number of ether oxygens (including phenoxy) is 1. The first kappa shape index (κ1) is 11.6. The van der Waals surface area contributed by atoms with Crippen LogP contribution in [0.1, 0.15) is 16.7 Å². The van der Waals surface area contributed by atoms with Crippen molar-refractivity contribution >= 4 is 0 Å². The highest BCUT2D eigenvalue weighted by Crippen LogP contribution is 2.19. The molecule has 2 aromatic rings. The number of aromatic nitrogens is 1. The van der Waals surface area contributed by atoms with Gasteiger partial charge in [0.25, 0.3) is 0 Å². The molecule has 2 N–H and O–H groups in total. The van der Waals surface area contributed by atoms with Crippen LogP contribution in [0.15, 0.2) is 42.6 Å². The SMILES string of the molecule is Cc1ccnc(OCc2ccccc2)c1CN. The molecule has 0 radical (unpaired) electrons. The normalized spacial score (nSPS) is 10.2. The van der Waals surface area contributed by atoms with Crippen molar-refractivity contribution in [2.45, 2.75) is 20.1 Å². The van der Waals surface area contributed by atoms with E-state index in [0.717, 1.165) is 16.7 Å². The third-order valence-corrected chi connectivity index (χ3v) is 2.67. The minimum absolute atomic E-state index is 0.448. The number of nitrogens with two attached hydrogens (primary N) is 1. The minimum atomic E-state index is 0.448. The fraction of sp³-hybridized carbons (Fsp3) is 0.214. The summed E-state index contributed by atoms with van der Waals surface area (Å²) in [6.07, 6.45) is 1.74. The number of rotatable bonds is 4. The summed E-state index contributed by atoms with van der Waals surface area (Å²) in [4.78, 5) is 4.22. The van der Waals surface area contributed by atoms with Gasteiger partial charge in [0.1, 0.15) is 6.61 Å². The zero-order valence-corrected chi connectivity index (χ0v) is 9.89. The van der Waals surface area contributed by atoms with Crippen LogP contribution in [0.3, 0.4) is 0 Å². The molecule has 0 unspecified atom stereocenters. The smallest absolute Gasteiger partial charge is 0.218 e. The number of pyridine rings is 1. The van der Waals surface area contributed by atoms with Crippen LogP contribution in [0, 0.1) is 6.92 Å². The monoisotopic (exact) mass is 228 g/mol. The van der Waals surface area contributed by atoms with E-state index in [1.54, 1.807) is 6.20 Å². The largest absolute Gasteiger partial charge is 0.473 e. The standard InChI is InChI=1S/C14H16N2O/c1-11-7-8-16-14(13(11)9-15)17-10-12-5-3-2-4-6-12/h2-8H,9-10,15H2,1H3. The van der Waals surface area contributed by atoms with Crippen molar-refractivity contribution in [1.29, 1.82) is 0 Å². The van der Waals surface area contributed by atoms with E-state index in [9.17, 15) is 0 Å². The van der Waals surface area contributed by atoms with Gasteiger partial charge >= 0.3 is 0 Å². The van der Waals surface area contributed by atoms with Gasteiger partial charge in [0.15, 0.2) is 0 Å². The molecule has 0 saturated carbocycles. The predicted molar refractivity (Wildman–Crippen MR) is 67.6 cm³/mol. The zero-order valence-electron chi connectivity index (χ0n) is 9.89. The van der Waals surface area contributed by atoms with Gasteiger partial charge in [0, 0.05) is 18.3 Å². The Balaban J connectivity index is 2.12. The average Bonchev–Trinajstić information content (AvgIpc) is 2.37. The molecular formula is C14H16N2O. The summed E-state index contributed by atoms with van der Waals surface area (Å²) in [5.41, 5.74) is 8.92. The van der Waals surface area contributed by atoms with Crippen LogP contribution in [-0.4, -0.2) is 4.98 Å². The maximum Gasteiger partial charge on any atom is 0.218 e. The molecule has 0 aliphatic carbocycles. The molecule has 3 heteroatoms. The molecule has 2 rings (SSSR count). The predicted octanol–water partition coefficient (Wildman–Crippen LogP) is 2.43. The lowest BCUT2D eigenvalue weighted by Gasteiger charge is -2.11. The van der Waals surface area contributed by atoms with Crippen molar-refractivity contribution in [2.24, 2.45) is 5.73 Å². The molecule has 1 aromatic heterocycles. The Labute approximate surface area is 101 Å². The van der Waals surface area contributed by atoms with Crippen molar-refractivity contribution < 1.29 is 4.74 Å². The number of benzene rings is 1. The Kier molecular flexibility index (Phi) is 3.73. The van der Waals surface area contributed by atoms with Crippen LogP contribution < -0.4 is 10.5 Å². The maximum atomic E-state index is 5.70. The van der Waals surface area contributed by atoms with Crippen molar-refractivity contribution in [2.75, 3.05) is 0 Å². The van der Waals surface area contributed by atoms with E-state index in [1.165, 1.54) is 0 Å². The summed E-state index contributed by atoms with van der Waals surface area (Å²) in [5.74, 6) is 0.636. The third kappa shape index (κ3) is 2.82. The van der Waals surface area contributed by atoms with E-state index >= 15 is 0 Å². The van der Waals surface area contributed by atoms with Crippen LogP contribution >= 0.6 is 0 Å². The van der Waals surface area contributed by atoms with Gasteiger partial charge in [-0.05, 0) is 24.1 Å². The van der Waals surface area contributed by atoms with Gasteiger partial charge in [-0.2, -0.15) is 0 Å². The molecular weight excluding hydrogens is 212 g/mol. The maximum absolute atomic E-state index is 5.70. The topological polar surface area (TPSA) is 48.1 Å². The molecule has 17 heavy (non-hydrogen) atoms. The Bertz CT molecular complexity index is 483. The summed E-state index contributed by atoms with van der Waals surface area (Å²) < 4.78 is 5.70. The van der Waals surface area contributed by atoms with Gasteiger partial charge in [-0.25, -0.2) is 4.98 Å². The van der Waals surface area contributed by atoms with Crippen LogP contribution in [0.4, 0.5) is 0 Å². The third-order valence-electron chi connectivity index (χ3n) is 2.67. The summed E-state index contributed by atoms with van der Waals surface area (Å²) in [5, 5.41) is 0. The first-order valence-corrected chi connectivity index (χ1v) is 5.62. The van der Waals surface area contributed by atoms with Crippen LogP contribution in [0.2, 0.25) is 0 Å². The van der Waals surface area contributed by atoms with Gasteiger partial charge in [-0.3, -0.25) is 0 Å². The molecule has 0 amide bonds. The van der Waals surface area contributed by atoms with Gasteiger partial charge < -0.3 is 10.5 Å². The Morgan fingerprint density at radius 3 is 2.65 bits per heavy atom. The summed E-state index contributed by atoms with van der Waals surface area (Å²) in [6, 6.07) is 12.0. The lowest BCUT2D eigenvalue weighted by molar-refractivity contribution is 0.290. The van der Waals surface area contributed by atoms with Gasteiger partial charge in [-0.15, -0.1) is 0 Å². The molecule has 0 atom stereocenters. The average molecular weight is 228 g/mol. The first-order chi connectivity index (χ1) is 8.31. The summed E-state index contributed by atoms with van der Waals surface area (Å²) >= 11 is 0. The van der Waals surface area contributed by atoms with Crippen molar-refractivity contribution in [3.63, 3.8) is 0 Å². The first-order valence-electron chi connectivity index (χ1n) is 5.62. The molecule has 88 valence electrons. The van der Waals surface area contributed by atoms with Gasteiger partial charge in [0.2, 0.25) is 5.88 Å². The lowest BCUT2D eigenvalue weighted by atomic mass is 10.1. The molecule has 0 spiro atoms. The van der Waals surface area contributed by atoms with Crippen molar-refractivity contribution in [3.05, 3.63) is 59.3 Å². The second-order valence-electron chi connectivity index (χ2n) is 3.89. The number of aryl methyl sites for hydroxylation is 1. The lowest BCUT2D eigenvalue weighted by Crippen LogP contribution is -2.06. The van der Waals surface area contributed by atoms with Crippen LogP contribution in [0.5, 0.6) is 5.88 Å². The van der Waals surface area contributed by atoms with E-state index < -0.39 is 0 Å². The summed E-state index contributed by atoms with van der Waals surface area (Å²) in [6.45, 7) is 2.98. The minimum Gasteiger partial charge on any atom is -0.473 e.